The van der Waals surface area contributed by atoms with E-state index in [-0.39, 0.29) is 11.4 Å². The summed E-state index contributed by atoms with van der Waals surface area (Å²) in [6, 6.07) is 2.60. The Labute approximate surface area is 150 Å². The number of hydrogen-bond donors (Lipinski definition) is 2. The molecular weight excluding hydrogens is 339 g/mol. The first kappa shape index (κ1) is 17.3. The van der Waals surface area contributed by atoms with Crippen molar-refractivity contribution in [3.63, 3.8) is 0 Å². The van der Waals surface area contributed by atoms with Crippen molar-refractivity contribution in [1.82, 2.24) is 4.57 Å². The van der Waals surface area contributed by atoms with Crippen LogP contribution in [0.5, 0.6) is 5.75 Å². The number of nitrogens with zero attached hydrogens (tertiary/aromatic N) is 1. The molecule has 1 saturated carbocycles. The van der Waals surface area contributed by atoms with E-state index in [0.717, 1.165) is 12.8 Å². The van der Waals surface area contributed by atoms with Crippen LogP contribution in [-0.4, -0.2) is 35.2 Å². The van der Waals surface area contributed by atoms with Gasteiger partial charge in [0.15, 0.2) is 11.5 Å². The molecule has 7 heteroatoms. The highest BCUT2D eigenvalue weighted by Crippen LogP contribution is 2.32. The Hall–Kier alpha value is -2.12. The van der Waals surface area contributed by atoms with Gasteiger partial charge in [0.05, 0.1) is 42.0 Å². The van der Waals surface area contributed by atoms with Gasteiger partial charge < -0.3 is 24.5 Å². The van der Waals surface area contributed by atoms with Gasteiger partial charge in [-0.05, 0) is 44.7 Å². The lowest BCUT2D eigenvalue weighted by Crippen LogP contribution is -2.40. The predicted octanol–water partition coefficient (Wildman–Crippen LogP) is 2.99. The average Bonchev–Trinajstić information content (AvgIpc) is 3.41. The molecular formula is C19H23FN2O4. The maximum Gasteiger partial charge on any atom is 0.231 e. The second-order valence-electron chi connectivity index (χ2n) is 7.60. The van der Waals surface area contributed by atoms with Gasteiger partial charge in [0.25, 0.3) is 0 Å². The second-order valence-corrected chi connectivity index (χ2v) is 7.60. The van der Waals surface area contributed by atoms with E-state index in [2.05, 4.69) is 5.32 Å². The van der Waals surface area contributed by atoms with E-state index in [4.69, 9.17) is 9.47 Å². The first-order chi connectivity index (χ1) is 12.3. The van der Waals surface area contributed by atoms with Crippen LogP contribution in [0.4, 0.5) is 10.1 Å². The summed E-state index contributed by atoms with van der Waals surface area (Å²) in [5, 5.41) is 13.3. The SMILES string of the molecule is CC1(C)OCC(n2cc(O)c(=O)c3cc(F)c(NCC4CC4)cc32)CO1. The van der Waals surface area contributed by atoms with Gasteiger partial charge in [0.1, 0.15) is 5.82 Å². The van der Waals surface area contributed by atoms with Crippen LogP contribution in [0, 0.1) is 11.7 Å². The molecule has 4 rings (SSSR count). The standard InChI is InChI=1S/C19H23FN2O4/c1-19(2)25-9-12(10-26-19)22-8-17(23)18(24)13-5-14(20)15(6-16(13)22)21-7-11-3-4-11/h5-6,8,11-12,21,23H,3-4,7,9-10H2,1-2H3. The van der Waals surface area contributed by atoms with Gasteiger partial charge in [-0.2, -0.15) is 0 Å². The number of aromatic nitrogens is 1. The largest absolute Gasteiger partial charge is 0.503 e. The number of halogens is 1. The maximum absolute atomic E-state index is 14.4. The second kappa shape index (κ2) is 6.25. The Morgan fingerprint density at radius 2 is 2.00 bits per heavy atom. The maximum atomic E-state index is 14.4. The summed E-state index contributed by atoms with van der Waals surface area (Å²) < 4.78 is 27.6. The molecule has 2 aliphatic rings. The molecule has 2 fully saturated rings. The molecule has 0 spiro atoms. The molecule has 1 aromatic carbocycles. The Balaban J connectivity index is 1.76. The first-order valence-electron chi connectivity index (χ1n) is 8.93. The molecule has 26 heavy (non-hydrogen) atoms. The molecule has 2 heterocycles. The van der Waals surface area contributed by atoms with Gasteiger partial charge in [-0.1, -0.05) is 0 Å². The molecule has 2 aromatic rings. The van der Waals surface area contributed by atoms with E-state index in [1.165, 1.54) is 12.3 Å². The number of aromatic hydroxyl groups is 1. The summed E-state index contributed by atoms with van der Waals surface area (Å²) in [5.41, 5.74) is 0.326. The van der Waals surface area contributed by atoms with Gasteiger partial charge in [-0.3, -0.25) is 4.79 Å². The monoisotopic (exact) mass is 362 g/mol. The minimum atomic E-state index is -0.670. The van der Waals surface area contributed by atoms with E-state index in [0.29, 0.717) is 36.9 Å². The molecule has 1 saturated heterocycles. The van der Waals surface area contributed by atoms with Gasteiger partial charge in [-0.15, -0.1) is 0 Å². The van der Waals surface area contributed by atoms with E-state index in [9.17, 15) is 14.3 Å². The number of pyridine rings is 1. The molecule has 0 amide bonds. The molecule has 6 nitrogen and oxygen atoms in total. The van der Waals surface area contributed by atoms with E-state index < -0.39 is 22.8 Å². The van der Waals surface area contributed by atoms with Gasteiger partial charge >= 0.3 is 0 Å². The topological polar surface area (TPSA) is 72.7 Å². The molecule has 140 valence electrons. The van der Waals surface area contributed by atoms with Crippen LogP contribution in [0.1, 0.15) is 32.7 Å². The summed E-state index contributed by atoms with van der Waals surface area (Å²) in [4.78, 5) is 12.3. The Morgan fingerprint density at radius 3 is 2.65 bits per heavy atom. The minimum Gasteiger partial charge on any atom is -0.503 e. The van der Waals surface area contributed by atoms with Crippen LogP contribution < -0.4 is 10.7 Å². The van der Waals surface area contributed by atoms with Crippen molar-refractivity contribution < 1.29 is 19.0 Å². The first-order valence-corrected chi connectivity index (χ1v) is 8.93. The number of fused-ring (bicyclic) bond motifs is 1. The normalized spacial score (nSPS) is 20.4. The van der Waals surface area contributed by atoms with Crippen molar-refractivity contribution in [2.45, 2.75) is 38.5 Å². The molecule has 2 N–H and O–H groups in total. The van der Waals surface area contributed by atoms with Crippen molar-refractivity contribution in [2.75, 3.05) is 25.1 Å². The molecule has 1 aromatic heterocycles. The highest BCUT2D eigenvalue weighted by Gasteiger charge is 2.30. The third-order valence-electron chi connectivity index (χ3n) is 5.02. The van der Waals surface area contributed by atoms with E-state index in [1.54, 1.807) is 10.6 Å². The molecule has 1 aliphatic heterocycles. The highest BCUT2D eigenvalue weighted by molar-refractivity contribution is 5.84. The van der Waals surface area contributed by atoms with Crippen molar-refractivity contribution in [1.29, 1.82) is 0 Å². The van der Waals surface area contributed by atoms with Crippen molar-refractivity contribution in [3.8, 4) is 5.75 Å². The summed E-state index contributed by atoms with van der Waals surface area (Å²) in [6.45, 7) is 5.12. The summed E-state index contributed by atoms with van der Waals surface area (Å²) in [6.07, 6.45) is 3.70. The fraction of sp³-hybridized carbons (Fsp3) is 0.526. The van der Waals surface area contributed by atoms with Crippen LogP contribution >= 0.6 is 0 Å². The number of anilines is 1. The zero-order valence-electron chi connectivity index (χ0n) is 14.9. The van der Waals surface area contributed by atoms with Crippen LogP contribution in [-0.2, 0) is 9.47 Å². The number of nitrogens with one attached hydrogen (secondary N) is 1. The predicted molar refractivity (Wildman–Crippen MR) is 96.1 cm³/mol. The quantitative estimate of drug-likeness (QED) is 0.875. The fourth-order valence-electron chi connectivity index (χ4n) is 3.21. The van der Waals surface area contributed by atoms with E-state index >= 15 is 0 Å². The fourth-order valence-corrected chi connectivity index (χ4v) is 3.21. The smallest absolute Gasteiger partial charge is 0.231 e. The third-order valence-corrected chi connectivity index (χ3v) is 5.02. The van der Waals surface area contributed by atoms with Crippen molar-refractivity contribution in [3.05, 3.63) is 34.4 Å². The number of benzene rings is 1. The molecule has 0 unspecified atom stereocenters. The number of rotatable bonds is 4. The van der Waals surface area contributed by atoms with Crippen LogP contribution in [0.25, 0.3) is 10.9 Å². The third kappa shape index (κ3) is 3.29. The summed E-state index contributed by atoms with van der Waals surface area (Å²) in [5.74, 6) is -0.990. The Bertz CT molecular complexity index is 895. The van der Waals surface area contributed by atoms with Gasteiger partial charge in [-0.25, -0.2) is 4.39 Å². The lowest BCUT2D eigenvalue weighted by atomic mass is 10.1. The Morgan fingerprint density at radius 1 is 1.31 bits per heavy atom. The Kier molecular flexibility index (Phi) is 4.16. The number of ether oxygens (including phenoxy) is 2. The van der Waals surface area contributed by atoms with Crippen molar-refractivity contribution >= 4 is 16.6 Å². The zero-order chi connectivity index (χ0) is 18.5. The van der Waals surface area contributed by atoms with Crippen LogP contribution in [0.3, 0.4) is 0 Å². The van der Waals surface area contributed by atoms with Gasteiger partial charge in [0, 0.05) is 6.54 Å². The van der Waals surface area contributed by atoms with E-state index in [1.807, 2.05) is 13.8 Å². The molecule has 0 bridgehead atoms. The number of hydrogen-bond acceptors (Lipinski definition) is 5. The average molecular weight is 362 g/mol. The van der Waals surface area contributed by atoms with Gasteiger partial charge in [0.2, 0.25) is 5.43 Å². The molecule has 1 aliphatic carbocycles. The highest BCUT2D eigenvalue weighted by atomic mass is 19.1. The molecule has 0 radical (unpaired) electrons. The van der Waals surface area contributed by atoms with Crippen LogP contribution in [0.2, 0.25) is 0 Å². The van der Waals surface area contributed by atoms with Crippen molar-refractivity contribution in [2.24, 2.45) is 5.92 Å². The lowest BCUT2D eigenvalue weighted by molar-refractivity contribution is -0.258. The minimum absolute atomic E-state index is 0.143. The molecule has 0 atom stereocenters. The van der Waals surface area contributed by atoms with Crippen LogP contribution in [0.15, 0.2) is 23.1 Å². The zero-order valence-corrected chi connectivity index (χ0v) is 14.9. The lowest BCUT2D eigenvalue weighted by Gasteiger charge is -2.36. The summed E-state index contributed by atoms with van der Waals surface area (Å²) in [7, 11) is 0. The summed E-state index contributed by atoms with van der Waals surface area (Å²) >= 11 is 0.